The van der Waals surface area contributed by atoms with Crippen molar-refractivity contribution in [2.75, 3.05) is 0 Å². The van der Waals surface area contributed by atoms with Crippen molar-refractivity contribution in [3.05, 3.63) is 55.1 Å². The van der Waals surface area contributed by atoms with Gasteiger partial charge >= 0.3 is 244 Å². The van der Waals surface area contributed by atoms with Gasteiger partial charge in [0.1, 0.15) is 0 Å². The zero-order valence-corrected chi connectivity index (χ0v) is 28.0. The van der Waals surface area contributed by atoms with Crippen molar-refractivity contribution in [3.8, 4) is 22.7 Å². The van der Waals surface area contributed by atoms with E-state index < -0.39 is 30.1 Å². The second-order valence-corrected chi connectivity index (χ2v) is 25.2. The third-order valence-corrected chi connectivity index (χ3v) is 23.3. The van der Waals surface area contributed by atoms with Crippen molar-refractivity contribution in [1.82, 2.24) is 14.5 Å². The Morgan fingerprint density at radius 2 is 1.50 bits per heavy atom. The van der Waals surface area contributed by atoms with E-state index in [4.69, 9.17) is 14.1 Å². The van der Waals surface area contributed by atoms with Crippen LogP contribution >= 0.6 is 0 Å². The molecule has 6 nitrogen and oxygen atoms in total. The third-order valence-electron chi connectivity index (χ3n) is 7.73. The molecule has 2 aromatic carbocycles. The molecule has 0 radical (unpaired) electrons. The van der Waals surface area contributed by atoms with Crippen LogP contribution in [0.2, 0.25) is 13.3 Å². The molecule has 0 saturated carbocycles. The van der Waals surface area contributed by atoms with Gasteiger partial charge in [0, 0.05) is 0 Å². The van der Waals surface area contributed by atoms with Crippen molar-refractivity contribution in [2.45, 2.75) is 99.0 Å². The number of aromatic nitrogens is 3. The van der Waals surface area contributed by atoms with Gasteiger partial charge < -0.3 is 0 Å². The van der Waals surface area contributed by atoms with Crippen molar-refractivity contribution in [2.24, 2.45) is 0 Å². The number of benzene rings is 2. The van der Waals surface area contributed by atoms with E-state index in [0.717, 1.165) is 22.2 Å². The van der Waals surface area contributed by atoms with Crippen LogP contribution in [-0.4, -0.2) is 44.6 Å². The van der Waals surface area contributed by atoms with E-state index in [1.165, 1.54) is 61.8 Å². The number of hydrogen-bond donors (Lipinski definition) is 0. The van der Waals surface area contributed by atoms with Gasteiger partial charge in [-0.15, -0.1) is 0 Å². The average Bonchev–Trinajstić information content (AvgIpc) is 3.60. The summed E-state index contributed by atoms with van der Waals surface area (Å²) in [5.41, 5.74) is 2.83. The molecule has 0 fully saturated rings. The van der Waals surface area contributed by atoms with Crippen LogP contribution in [0.1, 0.15) is 80.1 Å². The first kappa shape index (κ1) is 30.3. The van der Waals surface area contributed by atoms with Crippen molar-refractivity contribution in [3.63, 3.8) is 0 Å². The molecule has 0 aliphatic heterocycles. The molecule has 0 unspecified atom stereocenters. The molecule has 40 heavy (non-hydrogen) atoms. The summed E-state index contributed by atoms with van der Waals surface area (Å²) in [5, 5.41) is 0. The number of ether oxygens (including phenoxy) is 1. The molecule has 0 bridgehead atoms. The minimum atomic E-state index is -2.73. The number of oxazole rings is 1. The first-order chi connectivity index (χ1) is 19.2. The zero-order valence-electron chi connectivity index (χ0n) is 25.1. The molecule has 0 saturated heterocycles. The molecule has 214 valence electrons. The Morgan fingerprint density at radius 3 is 2.02 bits per heavy atom. The quantitative estimate of drug-likeness (QED) is 0.143. The number of unbranched alkanes of at least 4 members (excludes halogenated alkanes) is 3. The van der Waals surface area contributed by atoms with E-state index in [0.29, 0.717) is 11.6 Å². The molecule has 0 aliphatic carbocycles. The molecule has 2 aromatic heterocycles. The number of fused-ring (bicyclic) bond motifs is 1. The Hall–Kier alpha value is -2.61. The summed E-state index contributed by atoms with van der Waals surface area (Å²) in [7, 11) is 0. The van der Waals surface area contributed by atoms with Crippen molar-refractivity contribution in [1.29, 1.82) is 0 Å². The number of imidazole rings is 1. The standard InChI is InChI=1S/C21H18N3O3.3C4H9.Sn/c1-21(2,3)27-20(25)24-17-7-5-4-6-16(17)23-19(24)15-10-8-14(9-11-15)18-12-22-13-26-18;3*1-3-4-2;/h4,6-13H,1-3H3;3*1,3-4H2,2H3;. The Labute approximate surface area is 243 Å². The number of rotatable bonds is 12. The van der Waals surface area contributed by atoms with Gasteiger partial charge in [-0.25, -0.2) is 0 Å². The predicted molar refractivity (Wildman–Crippen MR) is 167 cm³/mol. The number of carbonyl (C=O) groups excluding carboxylic acids is 1. The molecule has 7 heteroatoms. The fourth-order valence-corrected chi connectivity index (χ4v) is 21.5. The maximum atomic E-state index is 13.8. The molecule has 0 spiro atoms. The summed E-state index contributed by atoms with van der Waals surface area (Å²) in [6.07, 6.45) is 10.3. The van der Waals surface area contributed by atoms with E-state index in [9.17, 15) is 4.79 Å². The van der Waals surface area contributed by atoms with Crippen molar-refractivity contribution < 1.29 is 13.9 Å². The van der Waals surface area contributed by atoms with E-state index >= 15 is 0 Å². The Bertz CT molecular complexity index is 1360. The molecule has 0 N–H and O–H groups in total. The van der Waals surface area contributed by atoms with Crippen LogP contribution in [0.15, 0.2) is 59.5 Å². The molecule has 4 rings (SSSR count). The topological polar surface area (TPSA) is 70.2 Å². The predicted octanol–water partition coefficient (Wildman–Crippen LogP) is 9.20. The summed E-state index contributed by atoms with van der Waals surface area (Å²) in [5.74, 6) is 1.30. The molecule has 0 atom stereocenters. The van der Waals surface area contributed by atoms with E-state index in [-0.39, 0.29) is 0 Å². The average molecular weight is 650 g/mol. The molecule has 2 heterocycles. The van der Waals surface area contributed by atoms with E-state index in [1.54, 1.807) is 10.8 Å². The molecule has 4 aromatic rings. The van der Waals surface area contributed by atoms with Gasteiger partial charge in [-0.2, -0.15) is 0 Å². The van der Waals surface area contributed by atoms with Crippen LogP contribution in [-0.2, 0) is 4.74 Å². The first-order valence-corrected chi connectivity index (χ1v) is 22.4. The maximum absolute atomic E-state index is 13.8. The molecular weight excluding hydrogens is 605 g/mol. The first-order valence-electron chi connectivity index (χ1n) is 15.0. The van der Waals surface area contributed by atoms with E-state index in [2.05, 4.69) is 44.0 Å². The monoisotopic (exact) mass is 651 g/mol. The summed E-state index contributed by atoms with van der Waals surface area (Å²) in [6, 6.07) is 14.7. The minimum absolute atomic E-state index is 0.391. The Morgan fingerprint density at radius 1 is 0.900 bits per heavy atom. The summed E-state index contributed by atoms with van der Waals surface area (Å²) < 4.78 is 18.7. The number of carbonyl (C=O) groups is 1. The van der Waals surface area contributed by atoms with Crippen LogP contribution in [0.5, 0.6) is 0 Å². The van der Waals surface area contributed by atoms with Crippen LogP contribution in [0.3, 0.4) is 0 Å². The fraction of sp³-hybridized carbons (Fsp3) is 0.485. The van der Waals surface area contributed by atoms with Gasteiger partial charge in [0.15, 0.2) is 0 Å². The summed E-state index contributed by atoms with van der Waals surface area (Å²) in [4.78, 5) is 22.8. The van der Waals surface area contributed by atoms with Crippen LogP contribution in [0, 0.1) is 0 Å². The second-order valence-electron chi connectivity index (χ2n) is 12.0. The zero-order chi connectivity index (χ0) is 28.8. The Kier molecular flexibility index (Phi) is 10.1. The van der Waals surface area contributed by atoms with Gasteiger partial charge in [0.2, 0.25) is 0 Å². The second kappa shape index (κ2) is 13.4. The van der Waals surface area contributed by atoms with Gasteiger partial charge in [0.25, 0.3) is 0 Å². The van der Waals surface area contributed by atoms with E-state index in [1.807, 2.05) is 45.0 Å². The van der Waals surface area contributed by atoms with Crippen LogP contribution in [0.25, 0.3) is 33.7 Å². The SMILES string of the molecule is CCC[CH2][Sn]([CH2]CCC)([CH2]CCC)[c]1ccc2nc(-c3ccc(-c4cnco4)cc3)n(C(=O)OC(C)(C)C)c2c1. The fourth-order valence-electron chi connectivity index (χ4n) is 5.59. The summed E-state index contributed by atoms with van der Waals surface area (Å²) >= 11 is -2.73. The summed E-state index contributed by atoms with van der Waals surface area (Å²) in [6.45, 7) is 12.6. The Balaban J connectivity index is 1.87. The molecule has 0 amide bonds. The van der Waals surface area contributed by atoms with Crippen LogP contribution < -0.4 is 3.58 Å². The molecule has 0 aliphatic rings. The number of nitrogens with zero attached hydrogens (tertiary/aromatic N) is 3. The third kappa shape index (κ3) is 6.99. The van der Waals surface area contributed by atoms with Gasteiger partial charge in [0.05, 0.1) is 0 Å². The molecular formula is C33H45N3O3Sn. The van der Waals surface area contributed by atoms with Crippen molar-refractivity contribution >= 4 is 39.1 Å². The van der Waals surface area contributed by atoms with Gasteiger partial charge in [-0.05, 0) is 0 Å². The van der Waals surface area contributed by atoms with Gasteiger partial charge in [-0.1, -0.05) is 0 Å². The normalized spacial score (nSPS) is 12.2. The van der Waals surface area contributed by atoms with Crippen LogP contribution in [0.4, 0.5) is 4.79 Å². The van der Waals surface area contributed by atoms with Gasteiger partial charge in [-0.3, -0.25) is 0 Å². The number of hydrogen-bond acceptors (Lipinski definition) is 5.